The van der Waals surface area contributed by atoms with Crippen molar-refractivity contribution in [3.8, 4) is 0 Å². The average molecular weight is 208 g/mol. The van der Waals surface area contributed by atoms with Crippen molar-refractivity contribution in [1.29, 1.82) is 0 Å². The monoisotopic (exact) mass is 208 g/mol. The summed E-state index contributed by atoms with van der Waals surface area (Å²) >= 11 is 0. The largest absolute Gasteiger partial charge is 0.370 e. The van der Waals surface area contributed by atoms with Crippen molar-refractivity contribution in [2.24, 2.45) is 0 Å². The zero-order chi connectivity index (χ0) is 9.90. The molecular formula is C9H18FO2P. The van der Waals surface area contributed by atoms with Crippen LogP contribution in [0.1, 0.15) is 46.0 Å². The highest BCUT2D eigenvalue weighted by Crippen LogP contribution is 2.55. The van der Waals surface area contributed by atoms with Gasteiger partial charge in [-0.05, 0) is 12.8 Å². The molecule has 1 saturated carbocycles. The topological polar surface area (TPSA) is 26.3 Å². The molecule has 1 fully saturated rings. The lowest BCUT2D eigenvalue weighted by molar-refractivity contribution is 0.143. The van der Waals surface area contributed by atoms with Crippen molar-refractivity contribution in [3.63, 3.8) is 0 Å². The predicted octanol–water partition coefficient (Wildman–Crippen LogP) is 3.91. The fraction of sp³-hybridized carbons (Fsp3) is 1.00. The van der Waals surface area contributed by atoms with E-state index in [1.807, 2.05) is 0 Å². The Morgan fingerprint density at radius 2 is 1.85 bits per heavy atom. The molecule has 0 heterocycles. The van der Waals surface area contributed by atoms with E-state index in [-0.39, 0.29) is 6.10 Å². The van der Waals surface area contributed by atoms with Gasteiger partial charge in [0.1, 0.15) is 0 Å². The summed E-state index contributed by atoms with van der Waals surface area (Å²) in [6.45, 7) is 3.20. The second-order valence-corrected chi connectivity index (χ2v) is 6.27. The van der Waals surface area contributed by atoms with Gasteiger partial charge in [-0.3, -0.25) is 4.57 Å². The Bertz CT molecular complexity index is 200. The molecule has 0 aromatic heterocycles. The summed E-state index contributed by atoms with van der Waals surface area (Å²) < 4.78 is 29.7. The molecule has 0 radical (unpaired) electrons. The summed E-state index contributed by atoms with van der Waals surface area (Å²) in [6, 6.07) is 0. The molecular weight excluding hydrogens is 190 g/mol. The van der Waals surface area contributed by atoms with Crippen LogP contribution < -0.4 is 0 Å². The van der Waals surface area contributed by atoms with E-state index in [9.17, 15) is 8.76 Å². The van der Waals surface area contributed by atoms with Gasteiger partial charge < -0.3 is 4.52 Å². The molecule has 1 aliphatic carbocycles. The molecule has 0 aromatic carbocycles. The summed E-state index contributed by atoms with van der Waals surface area (Å²) in [5, 5.41) is 0. The van der Waals surface area contributed by atoms with Gasteiger partial charge in [-0.2, -0.15) is 4.20 Å². The van der Waals surface area contributed by atoms with Crippen LogP contribution in [0.15, 0.2) is 0 Å². The van der Waals surface area contributed by atoms with E-state index in [0.29, 0.717) is 0 Å². The third-order valence-corrected chi connectivity index (χ3v) is 4.28. The van der Waals surface area contributed by atoms with Crippen LogP contribution in [0.2, 0.25) is 0 Å². The molecule has 0 N–H and O–H groups in total. The average Bonchev–Trinajstić information content (AvgIpc) is 2.05. The van der Waals surface area contributed by atoms with Crippen molar-refractivity contribution < 1.29 is 13.3 Å². The molecule has 0 aromatic rings. The standard InChI is InChI=1S/C9H18FO2P/c1-8(2)13(10,11)12-9-6-4-3-5-7-9/h8-9H,3-7H2,1-2H3. The van der Waals surface area contributed by atoms with E-state index in [0.717, 1.165) is 25.7 Å². The first-order valence-corrected chi connectivity index (χ1v) is 6.58. The Labute approximate surface area is 79.4 Å². The van der Waals surface area contributed by atoms with Crippen LogP contribution in [-0.4, -0.2) is 11.8 Å². The molecule has 0 aliphatic heterocycles. The minimum Gasteiger partial charge on any atom is -0.302 e. The predicted molar refractivity (Wildman–Crippen MR) is 51.8 cm³/mol. The third-order valence-electron chi connectivity index (χ3n) is 2.46. The van der Waals surface area contributed by atoms with Crippen LogP contribution in [0.4, 0.5) is 4.20 Å². The van der Waals surface area contributed by atoms with Gasteiger partial charge in [-0.1, -0.05) is 33.1 Å². The third kappa shape index (κ3) is 3.40. The molecule has 0 spiro atoms. The van der Waals surface area contributed by atoms with E-state index in [2.05, 4.69) is 0 Å². The molecule has 1 rings (SSSR count). The van der Waals surface area contributed by atoms with Crippen LogP contribution >= 0.6 is 7.68 Å². The van der Waals surface area contributed by atoms with Gasteiger partial charge in [0.05, 0.1) is 11.8 Å². The first kappa shape index (κ1) is 11.2. The Morgan fingerprint density at radius 3 is 2.31 bits per heavy atom. The van der Waals surface area contributed by atoms with Crippen molar-refractivity contribution in [2.45, 2.75) is 57.7 Å². The van der Waals surface area contributed by atoms with Gasteiger partial charge >= 0.3 is 7.68 Å². The minimum atomic E-state index is -3.83. The zero-order valence-corrected chi connectivity index (χ0v) is 9.23. The molecule has 13 heavy (non-hydrogen) atoms. The lowest BCUT2D eigenvalue weighted by atomic mass is 9.98. The zero-order valence-electron chi connectivity index (χ0n) is 8.33. The highest BCUT2D eigenvalue weighted by atomic mass is 31.2. The fourth-order valence-electron chi connectivity index (χ4n) is 1.50. The van der Waals surface area contributed by atoms with E-state index < -0.39 is 13.3 Å². The van der Waals surface area contributed by atoms with Gasteiger partial charge in [0, 0.05) is 0 Å². The van der Waals surface area contributed by atoms with Gasteiger partial charge in [-0.25, -0.2) is 0 Å². The maximum atomic E-state index is 13.3. The van der Waals surface area contributed by atoms with Crippen LogP contribution in [-0.2, 0) is 9.09 Å². The van der Waals surface area contributed by atoms with Crippen molar-refractivity contribution in [1.82, 2.24) is 0 Å². The SMILES string of the molecule is CC(C)P(=O)(F)OC1CCCCC1. The highest BCUT2D eigenvalue weighted by molar-refractivity contribution is 7.54. The van der Waals surface area contributed by atoms with Gasteiger partial charge in [0.15, 0.2) is 0 Å². The molecule has 1 atom stereocenters. The van der Waals surface area contributed by atoms with Gasteiger partial charge in [-0.15, -0.1) is 0 Å². The summed E-state index contributed by atoms with van der Waals surface area (Å²) in [6.07, 6.45) is 4.96. The van der Waals surface area contributed by atoms with E-state index in [1.165, 1.54) is 6.42 Å². The number of hydrogen-bond acceptors (Lipinski definition) is 2. The minimum absolute atomic E-state index is 0.105. The van der Waals surface area contributed by atoms with E-state index in [1.54, 1.807) is 13.8 Å². The summed E-state index contributed by atoms with van der Waals surface area (Å²) in [7, 11) is -3.83. The summed E-state index contributed by atoms with van der Waals surface area (Å²) in [4.78, 5) is 0. The molecule has 1 unspecified atom stereocenters. The number of hydrogen-bond donors (Lipinski definition) is 0. The molecule has 0 amide bonds. The van der Waals surface area contributed by atoms with Gasteiger partial charge in [0.25, 0.3) is 0 Å². The molecule has 0 bridgehead atoms. The quantitative estimate of drug-likeness (QED) is 0.657. The molecule has 0 saturated heterocycles. The Balaban J connectivity index is 2.42. The Hall–Kier alpha value is 0.120. The van der Waals surface area contributed by atoms with Crippen LogP contribution in [0.5, 0.6) is 0 Å². The summed E-state index contributed by atoms with van der Waals surface area (Å²) in [5.74, 6) is 0. The van der Waals surface area contributed by atoms with Crippen LogP contribution in [0.25, 0.3) is 0 Å². The van der Waals surface area contributed by atoms with Crippen LogP contribution in [0, 0.1) is 0 Å². The van der Waals surface area contributed by atoms with E-state index >= 15 is 0 Å². The number of rotatable bonds is 3. The normalized spacial score (nSPS) is 24.6. The maximum absolute atomic E-state index is 13.3. The lowest BCUT2D eigenvalue weighted by Crippen LogP contribution is -2.16. The highest BCUT2D eigenvalue weighted by Gasteiger charge is 2.31. The first-order chi connectivity index (χ1) is 6.02. The first-order valence-electron chi connectivity index (χ1n) is 5.00. The van der Waals surface area contributed by atoms with Crippen molar-refractivity contribution >= 4 is 7.68 Å². The van der Waals surface area contributed by atoms with Gasteiger partial charge in [0.2, 0.25) is 0 Å². The molecule has 2 nitrogen and oxygen atoms in total. The van der Waals surface area contributed by atoms with Crippen molar-refractivity contribution in [2.75, 3.05) is 0 Å². The molecule has 4 heteroatoms. The Morgan fingerprint density at radius 1 is 1.31 bits per heavy atom. The maximum Gasteiger partial charge on any atom is 0.370 e. The molecule has 78 valence electrons. The number of halogens is 1. The second-order valence-electron chi connectivity index (χ2n) is 3.98. The second kappa shape index (κ2) is 4.56. The molecule has 1 aliphatic rings. The van der Waals surface area contributed by atoms with Crippen LogP contribution in [0.3, 0.4) is 0 Å². The van der Waals surface area contributed by atoms with E-state index in [4.69, 9.17) is 4.52 Å². The van der Waals surface area contributed by atoms with Crippen molar-refractivity contribution in [3.05, 3.63) is 0 Å². The fourth-order valence-corrected chi connectivity index (χ4v) is 2.36. The summed E-state index contributed by atoms with van der Waals surface area (Å²) in [5.41, 5.74) is -0.505. The lowest BCUT2D eigenvalue weighted by Gasteiger charge is -2.24. The Kier molecular flexibility index (Phi) is 3.93. The smallest absolute Gasteiger partial charge is 0.302 e.